The minimum Gasteiger partial charge on any atom is -0.343 e. The Hall–Kier alpha value is -1.41. The van der Waals surface area contributed by atoms with Crippen molar-refractivity contribution in [2.75, 3.05) is 26.7 Å². The minimum atomic E-state index is -3.57. The fourth-order valence-corrected chi connectivity index (χ4v) is 3.74. The lowest BCUT2D eigenvalue weighted by Gasteiger charge is -2.20. The smallest absolute Gasteiger partial charge is 0.259 e. The van der Waals surface area contributed by atoms with Crippen LogP contribution in [-0.2, 0) is 21.2 Å². The van der Waals surface area contributed by atoms with Crippen LogP contribution >= 0.6 is 0 Å². The molecule has 0 saturated carbocycles. The summed E-state index contributed by atoms with van der Waals surface area (Å²) in [6, 6.07) is 0. The van der Waals surface area contributed by atoms with E-state index in [2.05, 4.69) is 9.97 Å². The lowest BCUT2D eigenvalue weighted by molar-refractivity contribution is -0.127. The van der Waals surface area contributed by atoms with E-state index in [0.717, 1.165) is 0 Å². The van der Waals surface area contributed by atoms with Gasteiger partial charge in [0.05, 0.1) is 6.20 Å². The van der Waals surface area contributed by atoms with Crippen molar-refractivity contribution in [3.8, 4) is 0 Å². The van der Waals surface area contributed by atoms with Gasteiger partial charge in [0, 0.05) is 39.5 Å². The topological polar surface area (TPSA) is 86.4 Å². The molecule has 0 radical (unpaired) electrons. The van der Waals surface area contributed by atoms with Crippen LogP contribution in [0.4, 0.5) is 0 Å². The number of nitrogens with zero attached hydrogens (tertiary/aromatic N) is 3. The lowest BCUT2D eigenvalue weighted by atomic mass is 10.1. The number of aromatic amines is 1. The number of amides is 1. The largest absolute Gasteiger partial charge is 0.343 e. The van der Waals surface area contributed by atoms with Crippen LogP contribution in [0, 0.1) is 5.92 Å². The summed E-state index contributed by atoms with van der Waals surface area (Å²) in [5.74, 6) is 0.795. The Kier molecular flexibility index (Phi) is 4.67. The SMILES string of the molecule is CCc1ncc(S(=O)(=O)N(C)C[C@H]2CC(=O)N(CC)C2)[nH]1. The van der Waals surface area contributed by atoms with Gasteiger partial charge in [-0.1, -0.05) is 6.92 Å². The number of nitrogens with one attached hydrogen (secondary N) is 1. The predicted octanol–water partition coefficient (Wildman–Crippen LogP) is 0.461. The summed E-state index contributed by atoms with van der Waals surface area (Å²) in [5, 5.41) is 0.110. The quantitative estimate of drug-likeness (QED) is 0.826. The number of sulfonamides is 1. The molecule has 7 nitrogen and oxygen atoms in total. The van der Waals surface area contributed by atoms with Crippen molar-refractivity contribution in [1.82, 2.24) is 19.2 Å². The van der Waals surface area contributed by atoms with Crippen LogP contribution in [0.25, 0.3) is 0 Å². The van der Waals surface area contributed by atoms with Crippen LogP contribution in [0.1, 0.15) is 26.1 Å². The number of imidazole rings is 1. The highest BCUT2D eigenvalue weighted by Gasteiger charge is 2.32. The molecule has 0 aliphatic carbocycles. The highest BCUT2D eigenvalue weighted by Crippen LogP contribution is 2.21. The average molecular weight is 314 g/mol. The van der Waals surface area contributed by atoms with Crippen LogP contribution in [0.5, 0.6) is 0 Å². The average Bonchev–Trinajstić information content (AvgIpc) is 3.05. The molecule has 0 aromatic carbocycles. The molecule has 0 unspecified atom stereocenters. The van der Waals surface area contributed by atoms with Gasteiger partial charge in [-0.15, -0.1) is 0 Å². The fraction of sp³-hybridized carbons (Fsp3) is 0.692. The maximum atomic E-state index is 12.4. The maximum absolute atomic E-state index is 12.4. The minimum absolute atomic E-state index is 0.0470. The molecule has 0 spiro atoms. The number of carbonyl (C=O) groups excluding carboxylic acids is 1. The third-order valence-corrected chi connectivity index (χ3v) is 5.55. The molecule has 0 bridgehead atoms. The summed E-state index contributed by atoms with van der Waals surface area (Å²) >= 11 is 0. The first-order chi connectivity index (χ1) is 9.88. The second kappa shape index (κ2) is 6.15. The van der Waals surface area contributed by atoms with Crippen molar-refractivity contribution in [3.05, 3.63) is 12.0 Å². The van der Waals surface area contributed by atoms with Crippen LogP contribution in [0.2, 0.25) is 0 Å². The van der Waals surface area contributed by atoms with Gasteiger partial charge in [-0.25, -0.2) is 13.4 Å². The summed E-state index contributed by atoms with van der Waals surface area (Å²) < 4.78 is 26.2. The summed E-state index contributed by atoms with van der Waals surface area (Å²) in [6.45, 7) is 5.47. The van der Waals surface area contributed by atoms with Crippen molar-refractivity contribution >= 4 is 15.9 Å². The van der Waals surface area contributed by atoms with Crippen molar-refractivity contribution in [2.24, 2.45) is 5.92 Å². The number of carbonyl (C=O) groups is 1. The van der Waals surface area contributed by atoms with Gasteiger partial charge in [-0.3, -0.25) is 4.79 Å². The number of aromatic nitrogens is 2. The summed E-state index contributed by atoms with van der Waals surface area (Å²) in [6.07, 6.45) is 2.42. The Labute approximate surface area is 125 Å². The Bertz CT molecular complexity index is 611. The highest BCUT2D eigenvalue weighted by atomic mass is 32.2. The van der Waals surface area contributed by atoms with Gasteiger partial charge in [0.15, 0.2) is 5.03 Å². The Morgan fingerprint density at radius 1 is 1.48 bits per heavy atom. The van der Waals surface area contributed by atoms with Gasteiger partial charge in [0.25, 0.3) is 10.0 Å². The predicted molar refractivity (Wildman–Crippen MR) is 78.1 cm³/mol. The number of rotatable bonds is 6. The first kappa shape index (κ1) is 16.0. The van der Waals surface area contributed by atoms with Gasteiger partial charge in [0.1, 0.15) is 5.82 Å². The molecule has 118 valence electrons. The van der Waals surface area contributed by atoms with E-state index in [4.69, 9.17) is 0 Å². The van der Waals surface area contributed by atoms with Crippen LogP contribution in [0.15, 0.2) is 11.2 Å². The zero-order chi connectivity index (χ0) is 15.6. The van der Waals surface area contributed by atoms with E-state index in [0.29, 0.717) is 38.3 Å². The van der Waals surface area contributed by atoms with Crippen molar-refractivity contribution in [3.63, 3.8) is 0 Å². The van der Waals surface area contributed by atoms with Crippen molar-refractivity contribution in [2.45, 2.75) is 31.7 Å². The number of hydrogen-bond donors (Lipinski definition) is 1. The number of aryl methyl sites for hydroxylation is 1. The monoisotopic (exact) mass is 314 g/mol. The molecular formula is C13H22N4O3S. The van der Waals surface area contributed by atoms with E-state index in [9.17, 15) is 13.2 Å². The van der Waals surface area contributed by atoms with Crippen molar-refractivity contribution < 1.29 is 13.2 Å². The molecule has 1 aliphatic rings. The van der Waals surface area contributed by atoms with E-state index < -0.39 is 10.0 Å². The molecule has 21 heavy (non-hydrogen) atoms. The third-order valence-electron chi connectivity index (χ3n) is 3.82. The molecule has 1 atom stereocenters. The molecule has 1 fully saturated rings. The Morgan fingerprint density at radius 2 is 2.19 bits per heavy atom. The molecule has 2 heterocycles. The van der Waals surface area contributed by atoms with Gasteiger partial charge in [-0.2, -0.15) is 4.31 Å². The Morgan fingerprint density at radius 3 is 2.71 bits per heavy atom. The van der Waals surface area contributed by atoms with E-state index in [1.165, 1.54) is 10.5 Å². The highest BCUT2D eigenvalue weighted by molar-refractivity contribution is 7.89. The van der Waals surface area contributed by atoms with Gasteiger partial charge in [0.2, 0.25) is 5.91 Å². The normalized spacial score (nSPS) is 19.7. The molecule has 2 rings (SSSR count). The molecule has 1 aromatic rings. The first-order valence-corrected chi connectivity index (χ1v) is 8.60. The standard InChI is InChI=1S/C13H22N4O3S/c1-4-11-14-7-12(15-11)21(19,20)16(3)8-10-6-13(18)17(5-2)9-10/h7,10H,4-6,8-9H2,1-3H3,(H,14,15)/t10-/m1/s1. The second-order valence-corrected chi connectivity index (χ2v) is 7.35. The van der Waals surface area contributed by atoms with Gasteiger partial charge in [-0.05, 0) is 12.8 Å². The van der Waals surface area contributed by atoms with Gasteiger partial charge >= 0.3 is 0 Å². The molecule has 1 aliphatic heterocycles. The lowest BCUT2D eigenvalue weighted by Crippen LogP contribution is -2.33. The summed E-state index contributed by atoms with van der Waals surface area (Å²) in [4.78, 5) is 20.3. The number of likely N-dealkylation sites (tertiary alicyclic amines) is 1. The van der Waals surface area contributed by atoms with E-state index in [1.807, 2.05) is 13.8 Å². The van der Waals surface area contributed by atoms with E-state index in [1.54, 1.807) is 11.9 Å². The van der Waals surface area contributed by atoms with E-state index >= 15 is 0 Å². The molecule has 1 aromatic heterocycles. The summed E-state index contributed by atoms with van der Waals surface area (Å²) in [7, 11) is -2.03. The van der Waals surface area contributed by atoms with Gasteiger partial charge < -0.3 is 9.88 Å². The zero-order valence-corrected chi connectivity index (χ0v) is 13.5. The first-order valence-electron chi connectivity index (χ1n) is 7.16. The third kappa shape index (κ3) is 3.26. The fourth-order valence-electron chi connectivity index (χ4n) is 2.57. The molecule has 1 N–H and O–H groups in total. The van der Waals surface area contributed by atoms with Crippen LogP contribution in [-0.4, -0.2) is 60.2 Å². The number of hydrogen-bond acceptors (Lipinski definition) is 4. The van der Waals surface area contributed by atoms with Crippen LogP contribution < -0.4 is 0 Å². The summed E-state index contributed by atoms with van der Waals surface area (Å²) in [5.41, 5.74) is 0. The molecule has 1 saturated heterocycles. The van der Waals surface area contributed by atoms with Crippen LogP contribution in [0.3, 0.4) is 0 Å². The molecule has 1 amide bonds. The maximum Gasteiger partial charge on any atom is 0.259 e. The molecular weight excluding hydrogens is 292 g/mol. The van der Waals surface area contributed by atoms with Crippen molar-refractivity contribution in [1.29, 1.82) is 0 Å². The second-order valence-electron chi connectivity index (χ2n) is 5.34. The van der Waals surface area contributed by atoms with E-state index in [-0.39, 0.29) is 16.9 Å². The molecule has 8 heteroatoms. The number of H-pyrrole nitrogens is 1. The Balaban J connectivity index is 2.05. The zero-order valence-electron chi connectivity index (χ0n) is 12.7.